The van der Waals surface area contributed by atoms with E-state index in [4.69, 9.17) is 4.74 Å². The molecule has 0 radical (unpaired) electrons. The zero-order valence-corrected chi connectivity index (χ0v) is 16.7. The van der Waals surface area contributed by atoms with Crippen LogP contribution in [-0.2, 0) is 4.74 Å². The Labute approximate surface area is 174 Å². The van der Waals surface area contributed by atoms with Crippen LogP contribution in [0.4, 0.5) is 19.3 Å². The lowest BCUT2D eigenvalue weighted by atomic mass is 10.2. The summed E-state index contributed by atoms with van der Waals surface area (Å²) in [5.74, 6) is -3.23. The van der Waals surface area contributed by atoms with Crippen LogP contribution in [0.5, 0.6) is 0 Å². The Balaban J connectivity index is 1.70. The van der Waals surface area contributed by atoms with E-state index in [-0.39, 0.29) is 22.5 Å². The first-order valence-electron chi connectivity index (χ1n) is 8.92. The molecule has 3 N–H and O–H groups in total. The number of ether oxygens (including phenoxy) is 1. The van der Waals surface area contributed by atoms with Gasteiger partial charge in [0.1, 0.15) is 22.8 Å². The maximum atomic E-state index is 13.3. The van der Waals surface area contributed by atoms with Crippen LogP contribution in [0.15, 0.2) is 36.8 Å². The minimum atomic E-state index is -0.888. The lowest BCUT2D eigenvalue weighted by Crippen LogP contribution is -2.44. The Morgan fingerprint density at radius 1 is 1.00 bits per heavy atom. The average molecular weight is 432 g/mol. The van der Waals surface area contributed by atoms with Crippen LogP contribution in [0.1, 0.15) is 41.5 Å². The molecular weight excluding hydrogens is 414 g/mol. The smallest absolute Gasteiger partial charge is 0.426 e. The quantitative estimate of drug-likeness (QED) is 0.546. The zero-order valence-electron chi connectivity index (χ0n) is 16.7. The summed E-state index contributed by atoms with van der Waals surface area (Å²) in [6.07, 6.45) is 2.96. The molecular formula is C19H18F2N6O4. The molecule has 2 heterocycles. The van der Waals surface area contributed by atoms with Gasteiger partial charge >= 0.3 is 6.09 Å². The van der Waals surface area contributed by atoms with Gasteiger partial charge in [-0.2, -0.15) is 5.10 Å². The second-order valence-corrected chi connectivity index (χ2v) is 7.36. The fraction of sp³-hybridized carbons (Fsp3) is 0.211. The van der Waals surface area contributed by atoms with E-state index >= 15 is 0 Å². The highest BCUT2D eigenvalue weighted by atomic mass is 19.1. The summed E-state index contributed by atoms with van der Waals surface area (Å²) in [5.41, 5.74) is 3.69. The highest BCUT2D eigenvalue weighted by molar-refractivity contribution is 6.04. The molecule has 0 bridgehead atoms. The molecule has 1 aromatic carbocycles. The number of aromatic nitrogens is 3. The van der Waals surface area contributed by atoms with E-state index in [1.54, 1.807) is 20.8 Å². The first-order chi connectivity index (χ1) is 14.5. The number of benzene rings is 1. The lowest BCUT2D eigenvalue weighted by Gasteiger charge is -2.19. The molecule has 0 aliphatic heterocycles. The summed E-state index contributed by atoms with van der Waals surface area (Å²) in [6.45, 7) is 5.01. The van der Waals surface area contributed by atoms with E-state index in [2.05, 4.69) is 26.3 Å². The first-order valence-corrected chi connectivity index (χ1v) is 8.92. The summed E-state index contributed by atoms with van der Waals surface area (Å²) in [7, 11) is 0. The molecule has 12 heteroatoms. The van der Waals surface area contributed by atoms with Crippen molar-refractivity contribution in [1.82, 2.24) is 25.4 Å². The van der Waals surface area contributed by atoms with E-state index < -0.39 is 35.1 Å². The third-order valence-corrected chi connectivity index (χ3v) is 3.66. The Hall–Kier alpha value is -4.09. The number of amides is 3. The standard InChI is InChI=1S/C19H18F2N6O4/c1-19(2,3)31-18(30)26-25-17(29)14-8-23-27-9-13(7-22-15(14)27)24-16(28)10-4-11(20)6-12(21)5-10/h4-9H,1-3H3,(H,24,28)(H,25,29)(H,26,30). The van der Waals surface area contributed by atoms with Gasteiger partial charge in [-0.05, 0) is 32.9 Å². The maximum absolute atomic E-state index is 13.3. The van der Waals surface area contributed by atoms with Gasteiger partial charge in [-0.15, -0.1) is 0 Å². The third kappa shape index (κ3) is 5.50. The molecule has 0 fully saturated rings. The molecule has 0 unspecified atom stereocenters. The monoisotopic (exact) mass is 432 g/mol. The van der Waals surface area contributed by atoms with E-state index in [0.29, 0.717) is 6.07 Å². The number of carbonyl (C=O) groups excluding carboxylic acids is 3. The minimum Gasteiger partial charge on any atom is -0.443 e. The number of hydrogen-bond donors (Lipinski definition) is 3. The Morgan fingerprint density at radius 3 is 2.32 bits per heavy atom. The molecule has 10 nitrogen and oxygen atoms in total. The van der Waals surface area contributed by atoms with Crippen molar-refractivity contribution in [3.8, 4) is 0 Å². The topological polar surface area (TPSA) is 127 Å². The number of halogens is 2. The summed E-state index contributed by atoms with van der Waals surface area (Å²) < 4.78 is 32.8. The summed E-state index contributed by atoms with van der Waals surface area (Å²) in [4.78, 5) is 40.2. The summed E-state index contributed by atoms with van der Waals surface area (Å²) in [6, 6.07) is 2.43. The molecule has 3 aromatic rings. The number of hydrogen-bond acceptors (Lipinski definition) is 6. The number of nitrogens with zero attached hydrogens (tertiary/aromatic N) is 3. The molecule has 0 saturated carbocycles. The van der Waals surface area contributed by atoms with Gasteiger partial charge in [-0.25, -0.2) is 28.5 Å². The van der Waals surface area contributed by atoms with Crippen molar-refractivity contribution < 1.29 is 27.9 Å². The average Bonchev–Trinajstić information content (AvgIpc) is 3.07. The number of fused-ring (bicyclic) bond motifs is 1. The van der Waals surface area contributed by atoms with Crippen molar-refractivity contribution in [2.24, 2.45) is 0 Å². The van der Waals surface area contributed by atoms with Crippen molar-refractivity contribution in [3.63, 3.8) is 0 Å². The van der Waals surface area contributed by atoms with Gasteiger partial charge in [0.25, 0.3) is 11.8 Å². The van der Waals surface area contributed by atoms with Crippen molar-refractivity contribution in [2.45, 2.75) is 26.4 Å². The number of anilines is 1. The van der Waals surface area contributed by atoms with Crippen molar-refractivity contribution in [1.29, 1.82) is 0 Å². The van der Waals surface area contributed by atoms with Crippen LogP contribution in [-0.4, -0.2) is 38.1 Å². The van der Waals surface area contributed by atoms with Gasteiger partial charge in [0.2, 0.25) is 0 Å². The second-order valence-electron chi connectivity index (χ2n) is 7.36. The molecule has 0 aliphatic carbocycles. The molecule has 0 atom stereocenters. The van der Waals surface area contributed by atoms with Gasteiger partial charge in [-0.3, -0.25) is 15.0 Å². The van der Waals surface area contributed by atoms with Crippen molar-refractivity contribution in [2.75, 3.05) is 5.32 Å². The van der Waals surface area contributed by atoms with Crippen LogP contribution in [0, 0.1) is 11.6 Å². The van der Waals surface area contributed by atoms with Crippen molar-refractivity contribution in [3.05, 3.63) is 59.6 Å². The fourth-order valence-corrected chi connectivity index (χ4v) is 2.47. The van der Waals surface area contributed by atoms with Crippen LogP contribution in [0.2, 0.25) is 0 Å². The first kappa shape index (κ1) is 21.6. The van der Waals surface area contributed by atoms with Gasteiger partial charge < -0.3 is 10.1 Å². The zero-order chi connectivity index (χ0) is 22.8. The predicted octanol–water partition coefficient (Wildman–Crippen LogP) is 2.43. The highest BCUT2D eigenvalue weighted by Gasteiger charge is 2.19. The molecule has 31 heavy (non-hydrogen) atoms. The Kier molecular flexibility index (Phi) is 5.81. The molecule has 162 valence electrons. The number of nitrogens with one attached hydrogen (secondary N) is 3. The largest absolute Gasteiger partial charge is 0.443 e. The molecule has 0 aliphatic rings. The van der Waals surface area contributed by atoms with Gasteiger partial charge in [-0.1, -0.05) is 0 Å². The molecule has 0 spiro atoms. The van der Waals surface area contributed by atoms with Crippen LogP contribution >= 0.6 is 0 Å². The molecule has 2 aromatic heterocycles. The van der Waals surface area contributed by atoms with E-state index in [1.807, 2.05) is 0 Å². The predicted molar refractivity (Wildman–Crippen MR) is 104 cm³/mol. The SMILES string of the molecule is CC(C)(C)OC(=O)NNC(=O)c1cnn2cc(NC(=O)c3cc(F)cc(F)c3)cnc12. The van der Waals surface area contributed by atoms with E-state index in [0.717, 1.165) is 12.1 Å². The van der Waals surface area contributed by atoms with Crippen LogP contribution in [0.25, 0.3) is 5.65 Å². The lowest BCUT2D eigenvalue weighted by molar-refractivity contribution is 0.0483. The Morgan fingerprint density at radius 2 is 1.68 bits per heavy atom. The van der Waals surface area contributed by atoms with E-state index in [1.165, 1.54) is 23.1 Å². The van der Waals surface area contributed by atoms with Crippen LogP contribution in [0.3, 0.4) is 0 Å². The number of rotatable bonds is 3. The maximum Gasteiger partial charge on any atom is 0.426 e. The highest BCUT2D eigenvalue weighted by Crippen LogP contribution is 2.14. The fourth-order valence-electron chi connectivity index (χ4n) is 2.47. The van der Waals surface area contributed by atoms with Crippen molar-refractivity contribution >= 4 is 29.2 Å². The Bertz CT molecular complexity index is 1150. The van der Waals surface area contributed by atoms with Crippen LogP contribution < -0.4 is 16.2 Å². The van der Waals surface area contributed by atoms with E-state index in [9.17, 15) is 23.2 Å². The van der Waals surface area contributed by atoms with Gasteiger partial charge in [0, 0.05) is 11.6 Å². The number of hydrazine groups is 1. The third-order valence-electron chi connectivity index (χ3n) is 3.66. The second kappa shape index (κ2) is 8.34. The number of carbonyl (C=O) groups is 3. The van der Waals surface area contributed by atoms with Gasteiger partial charge in [0.05, 0.1) is 24.3 Å². The molecule has 3 amide bonds. The minimum absolute atomic E-state index is 0.0427. The summed E-state index contributed by atoms with van der Waals surface area (Å²) >= 11 is 0. The molecule has 3 rings (SSSR count). The summed E-state index contributed by atoms with van der Waals surface area (Å²) in [5, 5.41) is 6.41. The normalized spacial score (nSPS) is 11.1. The van der Waals surface area contributed by atoms with Gasteiger partial charge in [0.15, 0.2) is 5.65 Å². The molecule has 0 saturated heterocycles.